The van der Waals surface area contributed by atoms with Crippen molar-refractivity contribution in [3.8, 4) is 0 Å². The van der Waals surface area contributed by atoms with Crippen LogP contribution in [0.2, 0.25) is 10.0 Å². The Bertz CT molecular complexity index is 895. The molecular weight excluding hydrogens is 409 g/mol. The molecular formula is C22H25Cl2N3O2. The van der Waals surface area contributed by atoms with E-state index in [2.05, 4.69) is 15.5 Å². The third-order valence-corrected chi connectivity index (χ3v) is 6.21. The number of aryl methyl sites for hydroxylation is 1. The van der Waals surface area contributed by atoms with Gasteiger partial charge in [0.05, 0.1) is 21.8 Å². The Morgan fingerprint density at radius 2 is 1.76 bits per heavy atom. The summed E-state index contributed by atoms with van der Waals surface area (Å²) in [7, 11) is 0. The first-order chi connectivity index (χ1) is 13.9. The predicted octanol–water partition coefficient (Wildman–Crippen LogP) is 4.52. The molecule has 1 unspecified atom stereocenters. The van der Waals surface area contributed by atoms with Crippen molar-refractivity contribution in [1.82, 2.24) is 10.2 Å². The van der Waals surface area contributed by atoms with Crippen LogP contribution in [0, 0.1) is 6.92 Å². The Hall–Kier alpha value is -2.08. The van der Waals surface area contributed by atoms with E-state index in [-0.39, 0.29) is 23.9 Å². The van der Waals surface area contributed by atoms with Crippen molar-refractivity contribution < 1.29 is 9.59 Å². The summed E-state index contributed by atoms with van der Waals surface area (Å²) in [6, 6.07) is 12.5. The van der Waals surface area contributed by atoms with Crippen LogP contribution in [0.15, 0.2) is 42.5 Å². The zero-order valence-electron chi connectivity index (χ0n) is 16.5. The number of amides is 2. The van der Waals surface area contributed by atoms with Crippen LogP contribution >= 0.6 is 23.2 Å². The average Bonchev–Trinajstić information content (AvgIpc) is 2.71. The first-order valence-electron chi connectivity index (χ1n) is 9.72. The first-order valence-corrected chi connectivity index (χ1v) is 10.5. The third kappa shape index (κ3) is 5.30. The second-order valence-corrected chi connectivity index (χ2v) is 8.15. The molecule has 154 valence electrons. The van der Waals surface area contributed by atoms with Crippen LogP contribution in [-0.4, -0.2) is 41.9 Å². The van der Waals surface area contributed by atoms with E-state index < -0.39 is 0 Å². The molecule has 2 N–H and O–H groups in total. The van der Waals surface area contributed by atoms with Crippen LogP contribution in [0.5, 0.6) is 0 Å². The molecule has 7 heteroatoms. The lowest BCUT2D eigenvalue weighted by Gasteiger charge is -2.35. The van der Waals surface area contributed by atoms with E-state index in [0.29, 0.717) is 21.3 Å². The summed E-state index contributed by atoms with van der Waals surface area (Å²) in [6.07, 6.45) is 1.60. The van der Waals surface area contributed by atoms with Crippen LogP contribution in [0.25, 0.3) is 0 Å². The number of hydrogen-bond donors (Lipinski definition) is 2. The second kappa shape index (κ2) is 9.61. The monoisotopic (exact) mass is 433 g/mol. The zero-order chi connectivity index (χ0) is 21.0. The highest BCUT2D eigenvalue weighted by Gasteiger charge is 2.28. The standard InChI is InChI=1S/C22H25Cl2N3O2/c1-14-6-3-4-7-17(14)22(29)25-16-10-12-27(13-11-16)15(2)21(28)26-19-9-5-8-18(23)20(19)24/h3-9,15-16H,10-13H2,1-2H3,(H,25,29)(H,26,28). The van der Waals surface area contributed by atoms with Crippen LogP contribution in [0.4, 0.5) is 5.69 Å². The maximum absolute atomic E-state index is 12.6. The fourth-order valence-electron chi connectivity index (χ4n) is 3.53. The quantitative estimate of drug-likeness (QED) is 0.728. The average molecular weight is 434 g/mol. The number of halogens is 2. The molecule has 0 radical (unpaired) electrons. The van der Waals surface area contributed by atoms with Crippen molar-refractivity contribution >= 4 is 40.7 Å². The number of nitrogens with one attached hydrogen (secondary N) is 2. The summed E-state index contributed by atoms with van der Waals surface area (Å²) in [5.74, 6) is -0.167. The van der Waals surface area contributed by atoms with E-state index in [9.17, 15) is 9.59 Å². The number of nitrogens with zero attached hydrogens (tertiary/aromatic N) is 1. The Labute approximate surface area is 181 Å². The van der Waals surface area contributed by atoms with Gasteiger partial charge in [-0.25, -0.2) is 0 Å². The minimum absolute atomic E-state index is 0.0389. The van der Waals surface area contributed by atoms with Gasteiger partial charge in [-0.15, -0.1) is 0 Å². The van der Waals surface area contributed by atoms with Crippen molar-refractivity contribution in [1.29, 1.82) is 0 Å². The maximum Gasteiger partial charge on any atom is 0.251 e. The molecule has 2 aromatic rings. The molecule has 2 aromatic carbocycles. The molecule has 0 saturated carbocycles. The van der Waals surface area contributed by atoms with Gasteiger partial charge in [0.25, 0.3) is 5.91 Å². The molecule has 3 rings (SSSR count). The zero-order valence-corrected chi connectivity index (χ0v) is 18.1. The van der Waals surface area contributed by atoms with Gasteiger partial charge in [-0.2, -0.15) is 0 Å². The van der Waals surface area contributed by atoms with Gasteiger partial charge < -0.3 is 10.6 Å². The van der Waals surface area contributed by atoms with E-state index in [4.69, 9.17) is 23.2 Å². The molecule has 1 aliphatic rings. The normalized spacial score (nSPS) is 16.3. The van der Waals surface area contributed by atoms with E-state index in [1.54, 1.807) is 18.2 Å². The number of likely N-dealkylation sites (tertiary alicyclic amines) is 1. The summed E-state index contributed by atoms with van der Waals surface area (Å²) in [4.78, 5) is 27.3. The van der Waals surface area contributed by atoms with Gasteiger partial charge in [-0.05, 0) is 50.5 Å². The van der Waals surface area contributed by atoms with Gasteiger partial charge in [0.2, 0.25) is 5.91 Å². The number of benzene rings is 2. The summed E-state index contributed by atoms with van der Waals surface area (Å²) in [5, 5.41) is 6.72. The largest absolute Gasteiger partial charge is 0.349 e. The molecule has 0 aromatic heterocycles. The molecule has 1 atom stereocenters. The highest BCUT2D eigenvalue weighted by atomic mass is 35.5. The lowest BCUT2D eigenvalue weighted by atomic mass is 10.0. The van der Waals surface area contributed by atoms with Crippen LogP contribution in [0.3, 0.4) is 0 Å². The van der Waals surface area contributed by atoms with Crippen LogP contribution in [-0.2, 0) is 4.79 Å². The number of carbonyl (C=O) groups is 2. The fraction of sp³-hybridized carbons (Fsp3) is 0.364. The Morgan fingerprint density at radius 3 is 2.45 bits per heavy atom. The highest BCUT2D eigenvalue weighted by molar-refractivity contribution is 6.44. The van der Waals surface area contributed by atoms with Crippen molar-refractivity contribution in [2.45, 2.75) is 38.8 Å². The van der Waals surface area contributed by atoms with Crippen molar-refractivity contribution in [3.05, 3.63) is 63.6 Å². The summed E-state index contributed by atoms with van der Waals surface area (Å²) < 4.78 is 0. The van der Waals surface area contributed by atoms with Gasteiger partial charge in [-0.1, -0.05) is 47.5 Å². The van der Waals surface area contributed by atoms with Gasteiger partial charge in [0.1, 0.15) is 0 Å². The van der Waals surface area contributed by atoms with Crippen molar-refractivity contribution in [2.24, 2.45) is 0 Å². The SMILES string of the molecule is Cc1ccccc1C(=O)NC1CCN(C(C)C(=O)Nc2cccc(Cl)c2Cl)CC1. The van der Waals surface area contributed by atoms with E-state index in [1.165, 1.54) is 0 Å². The Kier molecular flexibility index (Phi) is 7.17. The third-order valence-electron chi connectivity index (χ3n) is 5.39. The number of rotatable bonds is 5. The minimum Gasteiger partial charge on any atom is -0.349 e. The summed E-state index contributed by atoms with van der Waals surface area (Å²) in [5.41, 5.74) is 2.19. The molecule has 29 heavy (non-hydrogen) atoms. The molecule has 1 aliphatic heterocycles. The van der Waals surface area contributed by atoms with Gasteiger partial charge >= 0.3 is 0 Å². The Morgan fingerprint density at radius 1 is 1.07 bits per heavy atom. The maximum atomic E-state index is 12.6. The van der Waals surface area contributed by atoms with Gasteiger partial charge in [-0.3, -0.25) is 14.5 Å². The van der Waals surface area contributed by atoms with Gasteiger partial charge in [0, 0.05) is 24.7 Å². The van der Waals surface area contributed by atoms with Crippen molar-refractivity contribution in [2.75, 3.05) is 18.4 Å². The molecule has 1 saturated heterocycles. The van der Waals surface area contributed by atoms with E-state index in [1.807, 2.05) is 38.1 Å². The number of carbonyl (C=O) groups excluding carboxylic acids is 2. The van der Waals surface area contributed by atoms with Crippen molar-refractivity contribution in [3.63, 3.8) is 0 Å². The Balaban J connectivity index is 1.52. The van der Waals surface area contributed by atoms with Crippen LogP contribution < -0.4 is 10.6 Å². The lowest BCUT2D eigenvalue weighted by Crippen LogP contribution is -2.50. The first kappa shape index (κ1) is 21.6. The molecule has 2 amide bonds. The van der Waals surface area contributed by atoms with Gasteiger partial charge in [0.15, 0.2) is 0 Å². The molecule has 0 bridgehead atoms. The predicted molar refractivity (Wildman–Crippen MR) is 118 cm³/mol. The molecule has 0 aliphatic carbocycles. The second-order valence-electron chi connectivity index (χ2n) is 7.37. The van der Waals surface area contributed by atoms with E-state index in [0.717, 1.165) is 31.5 Å². The smallest absolute Gasteiger partial charge is 0.251 e. The van der Waals surface area contributed by atoms with E-state index >= 15 is 0 Å². The summed E-state index contributed by atoms with van der Waals surface area (Å²) >= 11 is 12.2. The lowest BCUT2D eigenvalue weighted by molar-refractivity contribution is -0.121. The minimum atomic E-state index is -0.307. The number of anilines is 1. The van der Waals surface area contributed by atoms with Crippen LogP contribution in [0.1, 0.15) is 35.7 Å². The highest BCUT2D eigenvalue weighted by Crippen LogP contribution is 2.29. The molecule has 5 nitrogen and oxygen atoms in total. The number of hydrogen-bond acceptors (Lipinski definition) is 3. The molecule has 1 heterocycles. The molecule has 0 spiro atoms. The molecule has 1 fully saturated rings. The fourth-order valence-corrected chi connectivity index (χ4v) is 3.87. The summed E-state index contributed by atoms with van der Waals surface area (Å²) in [6.45, 7) is 5.27. The number of piperidine rings is 1. The topological polar surface area (TPSA) is 61.4 Å².